The van der Waals surface area contributed by atoms with Gasteiger partial charge in [0.1, 0.15) is 11.6 Å². The van der Waals surface area contributed by atoms with Crippen LogP contribution < -0.4 is 11.0 Å². The maximum absolute atomic E-state index is 13.8. The van der Waals surface area contributed by atoms with Crippen LogP contribution in [0.1, 0.15) is 29.0 Å². The lowest BCUT2D eigenvalue weighted by atomic mass is 9.94. The molecule has 0 radical (unpaired) electrons. The van der Waals surface area contributed by atoms with Crippen LogP contribution in [0.3, 0.4) is 0 Å². The van der Waals surface area contributed by atoms with Crippen LogP contribution in [0, 0.1) is 23.5 Å². The third-order valence-corrected chi connectivity index (χ3v) is 4.30. The number of nitrogens with one attached hydrogen (secondary N) is 2. The Hall–Kier alpha value is -2.51. The van der Waals surface area contributed by atoms with Gasteiger partial charge in [-0.3, -0.25) is 9.78 Å². The summed E-state index contributed by atoms with van der Waals surface area (Å²) in [7, 11) is 1.44. The molecule has 0 unspecified atom stereocenters. The molecule has 3 rings (SSSR count). The van der Waals surface area contributed by atoms with E-state index in [4.69, 9.17) is 0 Å². The largest absolute Gasteiger partial charge is 0.349 e. The average molecular weight is 336 g/mol. The summed E-state index contributed by atoms with van der Waals surface area (Å²) >= 11 is 0. The Labute approximate surface area is 136 Å². The Kier molecular flexibility index (Phi) is 4.46. The number of nitrogens with zero attached hydrogens (tertiary/aromatic N) is 2. The Morgan fingerprint density at radius 2 is 2.21 bits per heavy atom. The normalized spacial score (nSPS) is 15.3. The van der Waals surface area contributed by atoms with E-state index in [1.807, 2.05) is 0 Å². The zero-order valence-corrected chi connectivity index (χ0v) is 13.2. The van der Waals surface area contributed by atoms with Crippen LogP contribution in [-0.4, -0.2) is 27.2 Å². The minimum atomic E-state index is -0.605. The quantitative estimate of drug-likeness (QED) is 0.836. The zero-order valence-electron chi connectivity index (χ0n) is 13.2. The highest BCUT2D eigenvalue weighted by Crippen LogP contribution is 2.38. The molecule has 1 aromatic heterocycles. The molecule has 2 aromatic rings. The molecule has 8 heteroatoms. The molecule has 24 heavy (non-hydrogen) atoms. The van der Waals surface area contributed by atoms with Gasteiger partial charge < -0.3 is 5.32 Å². The second-order valence-electron chi connectivity index (χ2n) is 6.15. The number of amides is 1. The third-order valence-electron chi connectivity index (χ3n) is 4.30. The minimum Gasteiger partial charge on any atom is -0.349 e. The summed E-state index contributed by atoms with van der Waals surface area (Å²) < 4.78 is 27.9. The van der Waals surface area contributed by atoms with E-state index in [2.05, 4.69) is 15.4 Å². The van der Waals surface area contributed by atoms with Crippen LogP contribution in [0.5, 0.6) is 0 Å². The number of benzene rings is 1. The number of aromatic nitrogens is 3. The van der Waals surface area contributed by atoms with E-state index in [1.54, 1.807) is 0 Å². The fourth-order valence-electron chi connectivity index (χ4n) is 2.76. The first kappa shape index (κ1) is 16.4. The minimum absolute atomic E-state index is 0.0509. The predicted octanol–water partition coefficient (Wildman–Crippen LogP) is 1.39. The lowest BCUT2D eigenvalue weighted by Gasteiger charge is -2.17. The Bertz CT molecular complexity index is 811. The first-order valence-electron chi connectivity index (χ1n) is 7.79. The van der Waals surface area contributed by atoms with Crippen LogP contribution in [0.2, 0.25) is 0 Å². The maximum atomic E-state index is 13.8. The van der Waals surface area contributed by atoms with Crippen LogP contribution in [0.15, 0.2) is 23.0 Å². The molecule has 1 amide bonds. The van der Waals surface area contributed by atoms with Crippen molar-refractivity contribution in [2.24, 2.45) is 18.9 Å². The topological polar surface area (TPSA) is 79.8 Å². The molecule has 1 aliphatic carbocycles. The molecule has 0 saturated heterocycles. The summed E-state index contributed by atoms with van der Waals surface area (Å²) in [6, 6.07) is 3.55. The third kappa shape index (κ3) is 3.69. The summed E-state index contributed by atoms with van der Waals surface area (Å²) in [5.41, 5.74) is -0.0268. The molecule has 1 heterocycles. The summed E-state index contributed by atoms with van der Waals surface area (Å²) in [5.74, 6) is -1.22. The second kappa shape index (κ2) is 6.54. The summed E-state index contributed by atoms with van der Waals surface area (Å²) in [5, 5.41) is 6.52. The number of hydrogen-bond acceptors (Lipinski definition) is 3. The molecule has 0 bridgehead atoms. The van der Waals surface area contributed by atoms with Crippen molar-refractivity contribution >= 4 is 5.91 Å². The zero-order chi connectivity index (χ0) is 17.3. The molecular weight excluding hydrogens is 318 g/mol. The maximum Gasteiger partial charge on any atom is 0.343 e. The molecule has 128 valence electrons. The standard InChI is InChI=1S/C16H18F2N4O2/c1-22-16(24)20-14(21-22)15(23)19-8-11(9-2-3-9)6-10-4-5-12(17)7-13(10)18/h4-5,7,9,11H,2-3,6,8H2,1H3,(H,19,23)(H,20,21,24)/t11-/m1/s1. The highest BCUT2D eigenvalue weighted by Gasteiger charge is 2.32. The molecule has 1 atom stereocenters. The Morgan fingerprint density at radius 1 is 1.46 bits per heavy atom. The van der Waals surface area contributed by atoms with Gasteiger partial charge >= 0.3 is 5.69 Å². The van der Waals surface area contributed by atoms with E-state index in [0.29, 0.717) is 24.4 Å². The van der Waals surface area contributed by atoms with E-state index < -0.39 is 23.2 Å². The molecular formula is C16H18F2N4O2. The van der Waals surface area contributed by atoms with Crippen LogP contribution in [-0.2, 0) is 13.5 Å². The number of aromatic amines is 1. The molecule has 1 fully saturated rings. The monoisotopic (exact) mass is 336 g/mol. The number of H-pyrrole nitrogens is 1. The van der Waals surface area contributed by atoms with E-state index >= 15 is 0 Å². The van der Waals surface area contributed by atoms with Gasteiger partial charge in [-0.2, -0.15) is 0 Å². The summed E-state index contributed by atoms with van der Waals surface area (Å²) in [4.78, 5) is 25.7. The van der Waals surface area contributed by atoms with Crippen molar-refractivity contribution in [2.45, 2.75) is 19.3 Å². The van der Waals surface area contributed by atoms with E-state index in [1.165, 1.54) is 19.2 Å². The number of aryl methyl sites for hydroxylation is 1. The molecule has 1 aliphatic rings. The van der Waals surface area contributed by atoms with Gasteiger partial charge in [-0.15, -0.1) is 5.10 Å². The summed E-state index contributed by atoms with van der Waals surface area (Å²) in [6.45, 7) is 0.346. The van der Waals surface area contributed by atoms with Gasteiger partial charge in [0.15, 0.2) is 0 Å². The fourth-order valence-corrected chi connectivity index (χ4v) is 2.76. The number of hydrogen-bond donors (Lipinski definition) is 2. The molecule has 1 saturated carbocycles. The van der Waals surface area contributed by atoms with Crippen LogP contribution >= 0.6 is 0 Å². The van der Waals surface area contributed by atoms with Crippen LogP contribution in [0.25, 0.3) is 0 Å². The number of carbonyl (C=O) groups is 1. The Morgan fingerprint density at radius 3 is 2.79 bits per heavy atom. The number of halogens is 2. The van der Waals surface area contributed by atoms with Gasteiger partial charge in [-0.05, 0) is 42.7 Å². The lowest BCUT2D eigenvalue weighted by Crippen LogP contribution is -2.32. The Balaban J connectivity index is 1.64. The average Bonchev–Trinajstić information content (AvgIpc) is 3.31. The second-order valence-corrected chi connectivity index (χ2v) is 6.15. The van der Waals surface area contributed by atoms with E-state index in [9.17, 15) is 18.4 Å². The van der Waals surface area contributed by atoms with Gasteiger partial charge in [0.05, 0.1) is 0 Å². The van der Waals surface area contributed by atoms with Gasteiger partial charge in [0.25, 0.3) is 5.91 Å². The molecule has 0 aliphatic heterocycles. The van der Waals surface area contributed by atoms with E-state index in [0.717, 1.165) is 23.6 Å². The first-order chi connectivity index (χ1) is 11.4. The van der Waals surface area contributed by atoms with Crippen molar-refractivity contribution in [1.82, 2.24) is 20.1 Å². The van der Waals surface area contributed by atoms with Crippen LogP contribution in [0.4, 0.5) is 8.78 Å². The SMILES string of the molecule is Cn1nc(C(=O)NC[C@@H](Cc2ccc(F)cc2F)C2CC2)[nH]c1=O. The van der Waals surface area contributed by atoms with Gasteiger partial charge in [0.2, 0.25) is 5.82 Å². The van der Waals surface area contributed by atoms with Crippen molar-refractivity contribution in [3.05, 3.63) is 51.7 Å². The van der Waals surface area contributed by atoms with Crippen molar-refractivity contribution in [3.8, 4) is 0 Å². The number of rotatable bonds is 6. The lowest BCUT2D eigenvalue weighted by molar-refractivity contribution is 0.0934. The molecule has 0 spiro atoms. The van der Waals surface area contributed by atoms with Crippen molar-refractivity contribution < 1.29 is 13.6 Å². The van der Waals surface area contributed by atoms with Gasteiger partial charge in [0, 0.05) is 19.7 Å². The van der Waals surface area contributed by atoms with Crippen molar-refractivity contribution in [2.75, 3.05) is 6.54 Å². The van der Waals surface area contributed by atoms with Gasteiger partial charge in [-0.25, -0.2) is 18.3 Å². The molecule has 2 N–H and O–H groups in total. The summed E-state index contributed by atoms with van der Waals surface area (Å²) in [6.07, 6.45) is 2.49. The van der Waals surface area contributed by atoms with Crippen molar-refractivity contribution in [1.29, 1.82) is 0 Å². The van der Waals surface area contributed by atoms with E-state index in [-0.39, 0.29) is 11.7 Å². The molecule has 1 aromatic carbocycles. The first-order valence-corrected chi connectivity index (χ1v) is 7.79. The highest BCUT2D eigenvalue weighted by atomic mass is 19.1. The number of carbonyl (C=O) groups excluding carboxylic acids is 1. The predicted molar refractivity (Wildman–Crippen MR) is 82.4 cm³/mol. The molecule has 6 nitrogen and oxygen atoms in total. The van der Waals surface area contributed by atoms with Gasteiger partial charge in [-0.1, -0.05) is 6.07 Å². The van der Waals surface area contributed by atoms with Crippen molar-refractivity contribution in [3.63, 3.8) is 0 Å². The fraction of sp³-hybridized carbons (Fsp3) is 0.438. The smallest absolute Gasteiger partial charge is 0.343 e. The highest BCUT2D eigenvalue weighted by molar-refractivity contribution is 5.90.